The minimum Gasteiger partial charge on any atom is -0.243 e. The summed E-state index contributed by atoms with van der Waals surface area (Å²) >= 11 is 0. The molecule has 1 aliphatic rings. The van der Waals surface area contributed by atoms with Gasteiger partial charge in [0, 0.05) is 6.26 Å². The number of nitriles is 1. The standard InChI is InChI=1S/C10H18N2OS/c1-3-9-4-6-10(8-11,7-5-9)12-14(2)13/h9,12H,3-7H2,1-2H3. The minimum absolute atomic E-state index is 0.523. The maximum atomic E-state index is 11.1. The Morgan fingerprint density at radius 2 is 2.14 bits per heavy atom. The van der Waals surface area contributed by atoms with Crippen molar-refractivity contribution in [1.82, 2.24) is 4.72 Å². The molecule has 0 aromatic carbocycles. The maximum absolute atomic E-state index is 11.1. The molecular formula is C10H18N2OS. The van der Waals surface area contributed by atoms with Crippen LogP contribution in [0.15, 0.2) is 0 Å². The van der Waals surface area contributed by atoms with Crippen molar-refractivity contribution in [2.45, 2.75) is 44.6 Å². The van der Waals surface area contributed by atoms with Gasteiger partial charge in [0.1, 0.15) is 5.54 Å². The van der Waals surface area contributed by atoms with Gasteiger partial charge < -0.3 is 0 Å². The molecule has 1 atom stereocenters. The third-order valence-corrected chi connectivity index (χ3v) is 3.77. The fourth-order valence-corrected chi connectivity index (χ4v) is 2.89. The Kier molecular flexibility index (Phi) is 4.09. The predicted octanol–water partition coefficient (Wildman–Crippen LogP) is 1.73. The van der Waals surface area contributed by atoms with Crippen LogP contribution in [0.2, 0.25) is 0 Å². The lowest BCUT2D eigenvalue weighted by Crippen LogP contribution is -2.47. The van der Waals surface area contributed by atoms with Gasteiger partial charge in [0.2, 0.25) is 0 Å². The third-order valence-electron chi connectivity index (χ3n) is 3.09. The summed E-state index contributed by atoms with van der Waals surface area (Å²) in [5, 5.41) is 9.10. The number of nitrogens with zero attached hydrogens (tertiary/aromatic N) is 1. The summed E-state index contributed by atoms with van der Waals surface area (Å²) in [5.41, 5.74) is -0.523. The number of nitrogens with one attached hydrogen (secondary N) is 1. The third kappa shape index (κ3) is 2.79. The molecule has 0 aromatic heterocycles. The summed E-state index contributed by atoms with van der Waals surface area (Å²) in [6.07, 6.45) is 6.60. The van der Waals surface area contributed by atoms with E-state index in [9.17, 15) is 4.21 Å². The summed E-state index contributed by atoms with van der Waals surface area (Å²) in [7, 11) is -1.09. The highest BCUT2D eigenvalue weighted by atomic mass is 32.2. The van der Waals surface area contributed by atoms with Crippen molar-refractivity contribution in [1.29, 1.82) is 5.26 Å². The highest BCUT2D eigenvalue weighted by Crippen LogP contribution is 2.33. The molecule has 1 fully saturated rings. The topological polar surface area (TPSA) is 52.9 Å². The molecule has 0 saturated heterocycles. The molecule has 1 N–H and O–H groups in total. The molecule has 1 rings (SSSR count). The molecule has 1 unspecified atom stereocenters. The van der Waals surface area contributed by atoms with Crippen LogP contribution in [0.5, 0.6) is 0 Å². The monoisotopic (exact) mass is 214 g/mol. The molecule has 0 amide bonds. The Morgan fingerprint density at radius 1 is 1.57 bits per heavy atom. The first kappa shape index (κ1) is 11.7. The van der Waals surface area contributed by atoms with E-state index in [0.717, 1.165) is 31.6 Å². The Hall–Kier alpha value is -0.400. The van der Waals surface area contributed by atoms with Gasteiger partial charge in [0.25, 0.3) is 0 Å². The van der Waals surface area contributed by atoms with Crippen LogP contribution in [0.3, 0.4) is 0 Å². The summed E-state index contributed by atoms with van der Waals surface area (Å²) in [4.78, 5) is 0. The quantitative estimate of drug-likeness (QED) is 0.778. The molecule has 0 spiro atoms. The van der Waals surface area contributed by atoms with Gasteiger partial charge in [-0.05, 0) is 31.6 Å². The Balaban J connectivity index is 2.58. The van der Waals surface area contributed by atoms with E-state index in [4.69, 9.17) is 5.26 Å². The summed E-state index contributed by atoms with van der Waals surface area (Å²) in [6.45, 7) is 2.19. The van der Waals surface area contributed by atoms with Crippen molar-refractivity contribution in [3.05, 3.63) is 0 Å². The van der Waals surface area contributed by atoms with E-state index in [2.05, 4.69) is 17.7 Å². The molecule has 0 aromatic rings. The first-order chi connectivity index (χ1) is 6.62. The average molecular weight is 214 g/mol. The van der Waals surface area contributed by atoms with Crippen molar-refractivity contribution >= 4 is 11.0 Å². The molecule has 3 nitrogen and oxygen atoms in total. The van der Waals surface area contributed by atoms with Crippen LogP contribution in [0.25, 0.3) is 0 Å². The van der Waals surface area contributed by atoms with Crippen LogP contribution in [0.4, 0.5) is 0 Å². The van der Waals surface area contributed by atoms with Crippen LogP contribution in [-0.2, 0) is 11.0 Å². The van der Waals surface area contributed by atoms with Crippen molar-refractivity contribution in [2.24, 2.45) is 5.92 Å². The second-order valence-electron chi connectivity index (χ2n) is 4.10. The number of hydrogen-bond donors (Lipinski definition) is 1. The van der Waals surface area contributed by atoms with E-state index in [1.807, 2.05) is 0 Å². The predicted molar refractivity (Wildman–Crippen MR) is 57.8 cm³/mol. The first-order valence-electron chi connectivity index (χ1n) is 5.14. The van der Waals surface area contributed by atoms with Gasteiger partial charge in [0.05, 0.1) is 17.1 Å². The lowest BCUT2D eigenvalue weighted by molar-refractivity contribution is 0.261. The molecule has 1 aliphatic carbocycles. The zero-order valence-corrected chi connectivity index (χ0v) is 9.69. The van der Waals surface area contributed by atoms with Gasteiger partial charge in [-0.25, -0.2) is 8.93 Å². The molecule has 0 aliphatic heterocycles. The zero-order chi connectivity index (χ0) is 10.6. The fourth-order valence-electron chi connectivity index (χ4n) is 2.09. The van der Waals surface area contributed by atoms with Crippen LogP contribution in [0.1, 0.15) is 39.0 Å². The van der Waals surface area contributed by atoms with E-state index in [-0.39, 0.29) is 0 Å². The molecule has 0 heterocycles. The second-order valence-corrected chi connectivity index (χ2v) is 5.21. The summed E-state index contributed by atoms with van der Waals surface area (Å²) in [6, 6.07) is 2.29. The average Bonchev–Trinajstić information content (AvgIpc) is 2.18. The van der Waals surface area contributed by atoms with E-state index in [0.29, 0.717) is 0 Å². The Morgan fingerprint density at radius 3 is 2.50 bits per heavy atom. The van der Waals surface area contributed by atoms with Crippen molar-refractivity contribution in [2.75, 3.05) is 6.26 Å². The smallest absolute Gasteiger partial charge is 0.117 e. The van der Waals surface area contributed by atoms with Crippen molar-refractivity contribution < 1.29 is 4.21 Å². The van der Waals surface area contributed by atoms with Crippen molar-refractivity contribution in [3.8, 4) is 6.07 Å². The van der Waals surface area contributed by atoms with Crippen LogP contribution >= 0.6 is 0 Å². The molecule has 0 radical (unpaired) electrons. The second kappa shape index (κ2) is 4.90. The molecule has 0 bridgehead atoms. The summed E-state index contributed by atoms with van der Waals surface area (Å²) < 4.78 is 14.0. The zero-order valence-electron chi connectivity index (χ0n) is 8.88. The van der Waals surface area contributed by atoms with Crippen LogP contribution in [0, 0.1) is 17.2 Å². The van der Waals surface area contributed by atoms with Crippen LogP contribution in [-0.4, -0.2) is 16.0 Å². The van der Waals surface area contributed by atoms with Gasteiger partial charge >= 0.3 is 0 Å². The fraction of sp³-hybridized carbons (Fsp3) is 0.900. The number of rotatable bonds is 3. The maximum Gasteiger partial charge on any atom is 0.117 e. The number of hydrogen-bond acceptors (Lipinski definition) is 2. The van der Waals surface area contributed by atoms with Gasteiger partial charge in [-0.3, -0.25) is 0 Å². The molecule has 14 heavy (non-hydrogen) atoms. The molecular weight excluding hydrogens is 196 g/mol. The van der Waals surface area contributed by atoms with Gasteiger partial charge in [0.15, 0.2) is 0 Å². The minimum atomic E-state index is -1.09. The first-order valence-corrected chi connectivity index (χ1v) is 6.70. The van der Waals surface area contributed by atoms with E-state index >= 15 is 0 Å². The Labute approximate surface area is 88.5 Å². The van der Waals surface area contributed by atoms with E-state index < -0.39 is 16.5 Å². The van der Waals surface area contributed by atoms with Gasteiger partial charge in [-0.1, -0.05) is 13.3 Å². The lowest BCUT2D eigenvalue weighted by Gasteiger charge is -2.34. The normalized spacial score (nSPS) is 34.8. The SMILES string of the molecule is CCC1CCC(C#N)(NS(C)=O)CC1. The molecule has 4 heteroatoms. The highest BCUT2D eigenvalue weighted by Gasteiger charge is 2.35. The van der Waals surface area contributed by atoms with Gasteiger partial charge in [-0.15, -0.1) is 0 Å². The lowest BCUT2D eigenvalue weighted by atomic mass is 9.77. The van der Waals surface area contributed by atoms with E-state index in [1.54, 1.807) is 6.26 Å². The van der Waals surface area contributed by atoms with Gasteiger partial charge in [-0.2, -0.15) is 5.26 Å². The van der Waals surface area contributed by atoms with E-state index in [1.165, 1.54) is 6.42 Å². The molecule has 1 saturated carbocycles. The van der Waals surface area contributed by atoms with Crippen molar-refractivity contribution in [3.63, 3.8) is 0 Å². The largest absolute Gasteiger partial charge is 0.243 e. The summed E-state index contributed by atoms with van der Waals surface area (Å²) in [5.74, 6) is 0.753. The Bertz CT molecular complexity index is 251. The van der Waals surface area contributed by atoms with Crippen LogP contribution < -0.4 is 4.72 Å². The molecule has 80 valence electrons. The highest BCUT2D eigenvalue weighted by molar-refractivity contribution is 7.82.